The molecule has 0 aromatic heterocycles. The maximum atomic E-state index is 12.4. The molecule has 0 spiro atoms. The first-order valence-electron chi connectivity index (χ1n) is 7.38. The number of nitro benzene ring substituents is 1. The van der Waals surface area contributed by atoms with Crippen molar-refractivity contribution in [2.75, 3.05) is 26.3 Å². The Balaban J connectivity index is 2.04. The lowest BCUT2D eigenvalue weighted by Crippen LogP contribution is -2.39. The third-order valence-electron chi connectivity index (χ3n) is 3.90. The summed E-state index contributed by atoms with van der Waals surface area (Å²) in [6.07, 6.45) is 1.67. The van der Waals surface area contributed by atoms with Gasteiger partial charge in [0, 0.05) is 32.4 Å². The van der Waals surface area contributed by atoms with Crippen LogP contribution < -0.4 is 0 Å². The fraction of sp³-hybridized carbons (Fsp3) is 0.533. The van der Waals surface area contributed by atoms with Crippen LogP contribution in [0.5, 0.6) is 5.75 Å². The molecule has 0 unspecified atom stereocenters. The van der Waals surface area contributed by atoms with Crippen LogP contribution in [-0.2, 0) is 4.74 Å². The zero-order valence-electron chi connectivity index (χ0n) is 12.5. The molecule has 120 valence electrons. The molecule has 2 rings (SSSR count). The number of ether oxygens (including phenoxy) is 1. The van der Waals surface area contributed by atoms with Crippen LogP contribution in [0.3, 0.4) is 0 Å². The Morgan fingerprint density at radius 1 is 1.45 bits per heavy atom. The predicted molar refractivity (Wildman–Crippen MR) is 79.9 cm³/mol. The van der Waals surface area contributed by atoms with Crippen molar-refractivity contribution in [1.82, 2.24) is 4.90 Å². The van der Waals surface area contributed by atoms with E-state index in [1.165, 1.54) is 18.2 Å². The quantitative estimate of drug-likeness (QED) is 0.665. The Labute approximate surface area is 128 Å². The minimum absolute atomic E-state index is 0.0162. The molecule has 1 aliphatic heterocycles. The second kappa shape index (κ2) is 7.22. The van der Waals surface area contributed by atoms with E-state index >= 15 is 0 Å². The highest BCUT2D eigenvalue weighted by molar-refractivity contribution is 5.98. The van der Waals surface area contributed by atoms with Crippen molar-refractivity contribution >= 4 is 11.6 Å². The van der Waals surface area contributed by atoms with E-state index in [0.29, 0.717) is 32.2 Å². The standard InChI is InChI=1S/C15H20N2O5/c1-2-22-10-11-6-8-16(9-7-11)15(19)12-4-3-5-13(14(12)18)17(20)21/h3-5,11,18H,2,6-10H2,1H3. The number of rotatable bonds is 5. The number of phenolic OH excluding ortho intramolecular Hbond substituents is 1. The van der Waals surface area contributed by atoms with Crippen LogP contribution in [0, 0.1) is 16.0 Å². The van der Waals surface area contributed by atoms with Crippen molar-refractivity contribution in [1.29, 1.82) is 0 Å². The summed E-state index contributed by atoms with van der Waals surface area (Å²) in [5, 5.41) is 20.7. The van der Waals surface area contributed by atoms with Gasteiger partial charge in [-0.2, -0.15) is 0 Å². The molecule has 1 saturated heterocycles. The van der Waals surface area contributed by atoms with E-state index in [9.17, 15) is 20.0 Å². The number of piperidine rings is 1. The molecule has 7 nitrogen and oxygen atoms in total. The first-order valence-corrected chi connectivity index (χ1v) is 7.38. The second-order valence-corrected chi connectivity index (χ2v) is 5.33. The smallest absolute Gasteiger partial charge is 0.311 e. The van der Waals surface area contributed by atoms with Crippen molar-refractivity contribution in [2.24, 2.45) is 5.92 Å². The fourth-order valence-electron chi connectivity index (χ4n) is 2.61. The Morgan fingerprint density at radius 2 is 2.14 bits per heavy atom. The fourth-order valence-corrected chi connectivity index (χ4v) is 2.61. The number of hydrogen-bond acceptors (Lipinski definition) is 5. The van der Waals surface area contributed by atoms with Gasteiger partial charge in [-0.05, 0) is 31.7 Å². The normalized spacial score (nSPS) is 15.8. The van der Waals surface area contributed by atoms with Crippen LogP contribution in [0.2, 0.25) is 0 Å². The zero-order valence-corrected chi connectivity index (χ0v) is 12.5. The van der Waals surface area contributed by atoms with Crippen molar-refractivity contribution in [2.45, 2.75) is 19.8 Å². The van der Waals surface area contributed by atoms with Gasteiger partial charge in [0.05, 0.1) is 10.5 Å². The number of nitro groups is 1. The number of amides is 1. The number of hydrogen-bond donors (Lipinski definition) is 1. The van der Waals surface area contributed by atoms with E-state index in [1.54, 1.807) is 4.90 Å². The number of para-hydroxylation sites is 1. The maximum absolute atomic E-state index is 12.4. The number of benzene rings is 1. The molecule has 1 fully saturated rings. The SMILES string of the molecule is CCOCC1CCN(C(=O)c2cccc([N+](=O)[O-])c2O)CC1. The van der Waals surface area contributed by atoms with E-state index in [4.69, 9.17) is 4.74 Å². The van der Waals surface area contributed by atoms with E-state index in [2.05, 4.69) is 0 Å². The summed E-state index contributed by atoms with van der Waals surface area (Å²) < 4.78 is 5.40. The molecule has 7 heteroatoms. The lowest BCUT2D eigenvalue weighted by Gasteiger charge is -2.32. The molecule has 1 amide bonds. The average Bonchev–Trinajstić information content (AvgIpc) is 2.52. The first kappa shape index (κ1) is 16.2. The zero-order chi connectivity index (χ0) is 16.1. The Bertz CT molecular complexity index is 553. The van der Waals surface area contributed by atoms with Crippen LogP contribution in [0.4, 0.5) is 5.69 Å². The molecular weight excluding hydrogens is 288 g/mol. The maximum Gasteiger partial charge on any atom is 0.311 e. The summed E-state index contributed by atoms with van der Waals surface area (Å²) >= 11 is 0. The van der Waals surface area contributed by atoms with Gasteiger partial charge in [-0.3, -0.25) is 14.9 Å². The van der Waals surface area contributed by atoms with Crippen molar-refractivity contribution in [3.05, 3.63) is 33.9 Å². The summed E-state index contributed by atoms with van der Waals surface area (Å²) in [5.74, 6) is -0.493. The molecule has 1 heterocycles. The molecule has 0 saturated carbocycles. The minimum atomic E-state index is -0.694. The summed E-state index contributed by atoms with van der Waals surface area (Å²) in [7, 11) is 0. The molecule has 0 aliphatic carbocycles. The van der Waals surface area contributed by atoms with Crippen LogP contribution in [0.15, 0.2) is 18.2 Å². The van der Waals surface area contributed by atoms with E-state index in [1.807, 2.05) is 6.92 Å². The molecule has 1 aromatic rings. The summed E-state index contributed by atoms with van der Waals surface area (Å²) in [6, 6.07) is 4.00. The minimum Gasteiger partial charge on any atom is -0.502 e. The largest absolute Gasteiger partial charge is 0.502 e. The summed E-state index contributed by atoms with van der Waals surface area (Å²) in [5.41, 5.74) is -0.463. The van der Waals surface area contributed by atoms with Gasteiger partial charge >= 0.3 is 5.69 Å². The topological polar surface area (TPSA) is 92.9 Å². The third-order valence-corrected chi connectivity index (χ3v) is 3.90. The number of likely N-dealkylation sites (tertiary alicyclic amines) is 1. The van der Waals surface area contributed by atoms with Gasteiger partial charge < -0.3 is 14.7 Å². The lowest BCUT2D eigenvalue weighted by atomic mass is 9.97. The Hall–Kier alpha value is -2.15. The van der Waals surface area contributed by atoms with Crippen molar-refractivity contribution < 1.29 is 19.6 Å². The average molecular weight is 308 g/mol. The predicted octanol–water partition coefficient (Wildman–Crippen LogP) is 2.19. The second-order valence-electron chi connectivity index (χ2n) is 5.33. The Morgan fingerprint density at radius 3 is 2.73 bits per heavy atom. The van der Waals surface area contributed by atoms with E-state index in [0.717, 1.165) is 12.8 Å². The van der Waals surface area contributed by atoms with Gasteiger partial charge in [-0.15, -0.1) is 0 Å². The van der Waals surface area contributed by atoms with Crippen LogP contribution >= 0.6 is 0 Å². The van der Waals surface area contributed by atoms with Gasteiger partial charge in [0.25, 0.3) is 5.91 Å². The summed E-state index contributed by atoms with van der Waals surface area (Å²) in [6.45, 7) is 4.46. The highest BCUT2D eigenvalue weighted by Crippen LogP contribution is 2.31. The van der Waals surface area contributed by atoms with E-state index < -0.39 is 16.4 Å². The molecule has 1 N–H and O–H groups in total. The van der Waals surface area contributed by atoms with Gasteiger partial charge in [-0.1, -0.05) is 6.07 Å². The Kier molecular flexibility index (Phi) is 5.32. The highest BCUT2D eigenvalue weighted by Gasteiger charge is 2.27. The van der Waals surface area contributed by atoms with Crippen LogP contribution in [0.1, 0.15) is 30.1 Å². The molecule has 0 atom stereocenters. The molecule has 22 heavy (non-hydrogen) atoms. The van der Waals surface area contributed by atoms with Crippen molar-refractivity contribution in [3.8, 4) is 5.75 Å². The molecular formula is C15H20N2O5. The van der Waals surface area contributed by atoms with Crippen LogP contribution in [-0.4, -0.2) is 47.1 Å². The third kappa shape index (κ3) is 3.54. The highest BCUT2D eigenvalue weighted by atomic mass is 16.6. The van der Waals surface area contributed by atoms with Crippen LogP contribution in [0.25, 0.3) is 0 Å². The van der Waals surface area contributed by atoms with Gasteiger partial charge in [0.15, 0.2) is 0 Å². The van der Waals surface area contributed by atoms with Gasteiger partial charge in [-0.25, -0.2) is 0 Å². The number of aromatic hydroxyl groups is 1. The van der Waals surface area contributed by atoms with Gasteiger partial charge in [0.2, 0.25) is 5.75 Å². The molecule has 0 radical (unpaired) electrons. The molecule has 1 aromatic carbocycles. The lowest BCUT2D eigenvalue weighted by molar-refractivity contribution is -0.385. The summed E-state index contributed by atoms with van der Waals surface area (Å²) in [4.78, 5) is 24.2. The van der Waals surface area contributed by atoms with Gasteiger partial charge in [0.1, 0.15) is 0 Å². The molecule has 1 aliphatic rings. The first-order chi connectivity index (χ1) is 10.5. The van der Waals surface area contributed by atoms with Crippen molar-refractivity contribution in [3.63, 3.8) is 0 Å². The number of nitrogens with zero attached hydrogens (tertiary/aromatic N) is 2. The number of carbonyl (C=O) groups excluding carboxylic acids is 1. The monoisotopic (exact) mass is 308 g/mol. The van der Waals surface area contributed by atoms with E-state index in [-0.39, 0.29) is 11.5 Å². The molecule has 0 bridgehead atoms. The number of carbonyl (C=O) groups is 1. The number of phenols is 1.